The Morgan fingerprint density at radius 2 is 1.63 bits per heavy atom. The van der Waals surface area contributed by atoms with Gasteiger partial charge in [0.15, 0.2) is 5.11 Å². The third-order valence-electron chi connectivity index (χ3n) is 8.29. The van der Waals surface area contributed by atoms with Crippen LogP contribution in [0.15, 0.2) is 30.3 Å². The largest absolute Gasteiger partial charge is 0.381 e. The van der Waals surface area contributed by atoms with Gasteiger partial charge in [-0.2, -0.15) is 9.97 Å². The van der Waals surface area contributed by atoms with Crippen molar-refractivity contribution in [2.75, 3.05) is 61.1 Å². The van der Waals surface area contributed by atoms with E-state index in [2.05, 4.69) is 40.3 Å². The first-order valence-corrected chi connectivity index (χ1v) is 14.6. The zero-order chi connectivity index (χ0) is 26.5. The van der Waals surface area contributed by atoms with Crippen LogP contribution >= 0.6 is 12.2 Å². The number of nitrogens with zero attached hydrogens (tertiary/aromatic N) is 4. The van der Waals surface area contributed by atoms with Gasteiger partial charge in [-0.1, -0.05) is 26.0 Å². The van der Waals surface area contributed by atoms with Gasteiger partial charge in [-0.25, -0.2) is 4.39 Å². The molecular weight excluding hydrogens is 499 g/mol. The van der Waals surface area contributed by atoms with Crippen LogP contribution in [0.3, 0.4) is 0 Å². The minimum atomic E-state index is -0.222. The normalized spacial score (nSPS) is 23.7. The molecule has 206 valence electrons. The van der Waals surface area contributed by atoms with E-state index in [1.165, 1.54) is 37.8 Å². The quantitative estimate of drug-likeness (QED) is 0.490. The number of rotatable bonds is 6. The van der Waals surface area contributed by atoms with E-state index in [1.807, 2.05) is 12.1 Å². The van der Waals surface area contributed by atoms with Crippen molar-refractivity contribution in [3.8, 4) is 0 Å². The van der Waals surface area contributed by atoms with Gasteiger partial charge in [-0.15, -0.1) is 0 Å². The first-order chi connectivity index (χ1) is 18.4. The third-order valence-corrected chi connectivity index (χ3v) is 8.54. The van der Waals surface area contributed by atoms with Crippen molar-refractivity contribution in [3.05, 3.63) is 41.7 Å². The molecule has 3 aliphatic heterocycles. The zero-order valence-electron chi connectivity index (χ0n) is 22.7. The van der Waals surface area contributed by atoms with Crippen molar-refractivity contribution < 1.29 is 9.13 Å². The molecule has 1 aromatic heterocycles. The van der Waals surface area contributed by atoms with Crippen LogP contribution in [-0.2, 0) is 10.2 Å². The van der Waals surface area contributed by atoms with Crippen molar-refractivity contribution in [2.45, 2.75) is 57.8 Å². The van der Waals surface area contributed by atoms with Crippen molar-refractivity contribution in [1.29, 1.82) is 0 Å². The maximum atomic E-state index is 13.6. The molecule has 3 aliphatic rings. The van der Waals surface area contributed by atoms with E-state index in [4.69, 9.17) is 26.9 Å². The van der Waals surface area contributed by atoms with Crippen molar-refractivity contribution >= 4 is 34.9 Å². The number of benzene rings is 1. The van der Waals surface area contributed by atoms with Crippen LogP contribution in [-0.4, -0.2) is 61.0 Å². The molecule has 5 rings (SSSR count). The number of nitrogens with one attached hydrogen (secondary N) is 2. The minimum absolute atomic E-state index is 0.167. The molecule has 0 radical (unpaired) electrons. The number of thiocarbonyl (C=S) groups is 1. The summed E-state index contributed by atoms with van der Waals surface area (Å²) in [4.78, 5) is 14.6. The molecule has 2 aromatic rings. The zero-order valence-corrected chi connectivity index (χ0v) is 23.5. The molecule has 0 saturated carbocycles. The Bertz CT molecular complexity index is 1080. The van der Waals surface area contributed by atoms with E-state index in [0.717, 1.165) is 56.2 Å². The van der Waals surface area contributed by atoms with Crippen LogP contribution in [0.5, 0.6) is 0 Å². The first-order valence-electron chi connectivity index (χ1n) is 14.2. The van der Waals surface area contributed by atoms with Crippen LogP contribution < -0.4 is 20.4 Å². The molecule has 4 heterocycles. The van der Waals surface area contributed by atoms with Crippen molar-refractivity contribution in [3.63, 3.8) is 0 Å². The number of hydrogen-bond acceptors (Lipinski definition) is 6. The van der Waals surface area contributed by atoms with E-state index in [0.29, 0.717) is 42.7 Å². The highest BCUT2D eigenvalue weighted by atomic mass is 32.1. The number of aromatic nitrogens is 2. The second-order valence-electron chi connectivity index (χ2n) is 11.5. The van der Waals surface area contributed by atoms with Gasteiger partial charge in [-0.3, -0.25) is 0 Å². The summed E-state index contributed by atoms with van der Waals surface area (Å²) >= 11 is 5.74. The van der Waals surface area contributed by atoms with Gasteiger partial charge in [0.05, 0.1) is 0 Å². The van der Waals surface area contributed by atoms with Gasteiger partial charge in [0.25, 0.3) is 0 Å². The van der Waals surface area contributed by atoms with E-state index < -0.39 is 0 Å². The van der Waals surface area contributed by atoms with Crippen LogP contribution in [0.4, 0.5) is 22.0 Å². The van der Waals surface area contributed by atoms with Gasteiger partial charge in [0, 0.05) is 57.4 Å². The van der Waals surface area contributed by atoms with Gasteiger partial charge < -0.3 is 25.2 Å². The minimum Gasteiger partial charge on any atom is -0.381 e. The lowest BCUT2D eigenvalue weighted by Gasteiger charge is -2.38. The molecule has 7 nitrogen and oxygen atoms in total. The summed E-state index contributed by atoms with van der Waals surface area (Å²) in [5.41, 5.74) is 0.941. The third kappa shape index (κ3) is 6.54. The molecule has 0 bridgehead atoms. The Balaban J connectivity index is 1.33. The lowest BCUT2D eigenvalue weighted by Crippen LogP contribution is -2.45. The molecule has 38 heavy (non-hydrogen) atoms. The highest BCUT2D eigenvalue weighted by Gasteiger charge is 2.34. The molecule has 2 atom stereocenters. The lowest BCUT2D eigenvalue weighted by atomic mass is 9.74. The summed E-state index contributed by atoms with van der Waals surface area (Å²) in [7, 11) is 0. The maximum Gasteiger partial charge on any atom is 0.232 e. The van der Waals surface area contributed by atoms with Crippen LogP contribution in [0.1, 0.15) is 57.9 Å². The summed E-state index contributed by atoms with van der Waals surface area (Å²) in [6, 6.07) is 9.00. The number of ether oxygens (including phenoxy) is 1. The molecule has 0 aliphatic carbocycles. The smallest absolute Gasteiger partial charge is 0.232 e. The maximum absolute atomic E-state index is 13.6. The Morgan fingerprint density at radius 3 is 2.29 bits per heavy atom. The average Bonchev–Trinajstić information content (AvgIpc) is 2.92. The average molecular weight is 541 g/mol. The fourth-order valence-electron chi connectivity index (χ4n) is 6.30. The number of piperidine rings is 2. The SMILES string of the molecule is C[C@@H]1C[C@@H](C)CN(c2cc(N3CCCCC3)nc(NC(=S)NCC3(c4ccc(F)cc4)CCOCC3)n2)C1. The summed E-state index contributed by atoms with van der Waals surface area (Å²) in [5, 5.41) is 7.23. The Hall–Kier alpha value is -2.52. The Kier molecular flexibility index (Phi) is 8.63. The number of halogens is 1. The van der Waals surface area contributed by atoms with E-state index in [1.54, 1.807) is 0 Å². The van der Waals surface area contributed by atoms with Gasteiger partial charge in [0.2, 0.25) is 5.95 Å². The van der Waals surface area contributed by atoms with Crippen LogP contribution in [0.2, 0.25) is 0 Å². The molecule has 0 spiro atoms. The molecule has 3 fully saturated rings. The molecule has 0 amide bonds. The van der Waals surface area contributed by atoms with Crippen LogP contribution in [0, 0.1) is 17.7 Å². The van der Waals surface area contributed by atoms with E-state index in [-0.39, 0.29) is 11.2 Å². The van der Waals surface area contributed by atoms with Gasteiger partial charge in [0.1, 0.15) is 17.5 Å². The Morgan fingerprint density at radius 1 is 1.00 bits per heavy atom. The second kappa shape index (κ2) is 12.1. The molecule has 3 saturated heterocycles. The lowest BCUT2D eigenvalue weighted by molar-refractivity contribution is 0.0515. The fraction of sp³-hybridized carbons (Fsp3) is 0.621. The standard InChI is InChI=1S/C29H41FN6OS/c1-21-16-22(2)19-36(18-21)26-17-25(35-12-4-3-5-13-35)32-27(33-26)34-28(38)31-20-29(10-14-37-15-11-29)23-6-8-24(30)9-7-23/h6-9,17,21-22H,3-5,10-16,18-20H2,1-2H3,(H2,31,32,33,34,38)/t21-,22-/m1/s1. The predicted octanol–water partition coefficient (Wildman–Crippen LogP) is 5.12. The summed E-state index contributed by atoms with van der Waals surface area (Å²) in [6.45, 7) is 10.7. The van der Waals surface area contributed by atoms with Gasteiger partial charge >= 0.3 is 0 Å². The Labute approximate surface area is 231 Å². The molecular formula is C29H41FN6OS. The van der Waals surface area contributed by atoms with E-state index in [9.17, 15) is 4.39 Å². The summed E-state index contributed by atoms with van der Waals surface area (Å²) in [6.07, 6.45) is 6.61. The van der Waals surface area contributed by atoms with E-state index >= 15 is 0 Å². The monoisotopic (exact) mass is 540 g/mol. The second-order valence-corrected chi connectivity index (χ2v) is 11.9. The van der Waals surface area contributed by atoms with Gasteiger partial charge in [-0.05, 0) is 80.3 Å². The molecule has 0 unspecified atom stereocenters. The molecule has 2 N–H and O–H groups in total. The fourth-order valence-corrected chi connectivity index (χ4v) is 6.47. The molecule has 9 heteroatoms. The highest BCUT2D eigenvalue weighted by Crippen LogP contribution is 2.34. The predicted molar refractivity (Wildman–Crippen MR) is 156 cm³/mol. The highest BCUT2D eigenvalue weighted by molar-refractivity contribution is 7.80. The summed E-state index contributed by atoms with van der Waals surface area (Å²) < 4.78 is 19.3. The topological polar surface area (TPSA) is 65.5 Å². The number of anilines is 3. The summed E-state index contributed by atoms with van der Waals surface area (Å²) in [5.74, 6) is 3.52. The number of hydrogen-bond donors (Lipinski definition) is 2. The molecule has 1 aromatic carbocycles. The van der Waals surface area contributed by atoms with Crippen molar-refractivity contribution in [1.82, 2.24) is 15.3 Å². The van der Waals surface area contributed by atoms with Crippen molar-refractivity contribution in [2.24, 2.45) is 11.8 Å². The first kappa shape index (κ1) is 27.1. The van der Waals surface area contributed by atoms with Crippen LogP contribution in [0.25, 0.3) is 0 Å².